The Labute approximate surface area is 108 Å². The Morgan fingerprint density at radius 3 is 2.56 bits per heavy atom. The van der Waals surface area contributed by atoms with Crippen LogP contribution in [0.3, 0.4) is 0 Å². The maximum absolute atomic E-state index is 5.89. The molecule has 0 heterocycles. The van der Waals surface area contributed by atoms with E-state index in [0.29, 0.717) is 0 Å². The normalized spacial score (nSPS) is 10.4. The molecule has 2 aromatic carbocycles. The van der Waals surface area contributed by atoms with Gasteiger partial charge >= 0.3 is 0 Å². The topological polar surface area (TPSA) is 26.0 Å². The molecule has 16 heavy (non-hydrogen) atoms. The van der Waals surface area contributed by atoms with Crippen molar-refractivity contribution >= 4 is 33.4 Å². The Bertz CT molecular complexity index is 511. The molecule has 0 saturated heterocycles. The Kier molecular flexibility index (Phi) is 3.56. The second-order valence-corrected chi connectivity index (χ2v) is 5.52. The fourth-order valence-corrected chi connectivity index (χ4v) is 2.75. The maximum Gasteiger partial charge on any atom is 0.0355 e. The first-order chi connectivity index (χ1) is 7.66. The molecule has 0 atom stereocenters. The van der Waals surface area contributed by atoms with Crippen LogP contribution >= 0.6 is 27.7 Å². The number of halogens is 1. The van der Waals surface area contributed by atoms with E-state index in [9.17, 15) is 0 Å². The molecule has 0 saturated carbocycles. The summed E-state index contributed by atoms with van der Waals surface area (Å²) in [5, 5.41) is 0. The van der Waals surface area contributed by atoms with Gasteiger partial charge in [0.1, 0.15) is 0 Å². The lowest BCUT2D eigenvalue weighted by Gasteiger charge is -2.06. The van der Waals surface area contributed by atoms with Gasteiger partial charge in [-0.2, -0.15) is 0 Å². The summed E-state index contributed by atoms with van der Waals surface area (Å²) in [4.78, 5) is 2.36. The van der Waals surface area contributed by atoms with Crippen molar-refractivity contribution in [2.75, 3.05) is 5.73 Å². The molecule has 0 aromatic heterocycles. The summed E-state index contributed by atoms with van der Waals surface area (Å²) in [5.41, 5.74) is 7.85. The molecule has 1 nitrogen and oxygen atoms in total. The molecule has 0 aliphatic rings. The van der Waals surface area contributed by atoms with E-state index in [2.05, 4.69) is 34.1 Å². The van der Waals surface area contributed by atoms with Crippen molar-refractivity contribution in [2.24, 2.45) is 0 Å². The first kappa shape index (κ1) is 11.6. The zero-order valence-electron chi connectivity index (χ0n) is 8.91. The minimum absolute atomic E-state index is 0.844. The molecule has 0 amide bonds. The number of nitrogen functional groups attached to an aromatic ring is 1. The molecule has 0 aliphatic carbocycles. The third-order valence-corrected chi connectivity index (χ3v) is 4.33. The van der Waals surface area contributed by atoms with Crippen LogP contribution in [-0.2, 0) is 0 Å². The quantitative estimate of drug-likeness (QED) is 0.826. The lowest BCUT2D eigenvalue weighted by molar-refractivity contribution is 1.35. The molecule has 0 aliphatic heterocycles. The number of nitrogens with two attached hydrogens (primary N) is 1. The third-order valence-electron chi connectivity index (χ3n) is 2.32. The highest BCUT2D eigenvalue weighted by Gasteiger charge is 2.02. The number of hydrogen-bond acceptors (Lipinski definition) is 2. The second-order valence-electron chi connectivity index (χ2n) is 3.55. The number of hydrogen-bond donors (Lipinski definition) is 1. The Hall–Kier alpha value is -0.930. The predicted molar refractivity (Wildman–Crippen MR) is 73.9 cm³/mol. The molecule has 2 rings (SSSR count). The van der Waals surface area contributed by atoms with Crippen LogP contribution in [0.4, 0.5) is 5.69 Å². The molecule has 0 fully saturated rings. The van der Waals surface area contributed by atoms with Crippen LogP contribution in [0.2, 0.25) is 0 Å². The SMILES string of the molecule is Cc1ccc(Sc2ccccc2Br)cc1N. The van der Waals surface area contributed by atoms with E-state index in [-0.39, 0.29) is 0 Å². The summed E-state index contributed by atoms with van der Waals surface area (Å²) in [6, 6.07) is 14.3. The minimum Gasteiger partial charge on any atom is -0.398 e. The summed E-state index contributed by atoms with van der Waals surface area (Å²) in [7, 11) is 0. The van der Waals surface area contributed by atoms with Crippen LogP contribution in [0.5, 0.6) is 0 Å². The highest BCUT2D eigenvalue weighted by molar-refractivity contribution is 9.10. The van der Waals surface area contributed by atoms with Crippen LogP contribution in [0.25, 0.3) is 0 Å². The minimum atomic E-state index is 0.844. The van der Waals surface area contributed by atoms with Crippen molar-refractivity contribution in [1.29, 1.82) is 0 Å². The molecule has 82 valence electrons. The first-order valence-corrected chi connectivity index (χ1v) is 6.56. The Morgan fingerprint density at radius 1 is 1.12 bits per heavy atom. The smallest absolute Gasteiger partial charge is 0.0355 e. The van der Waals surface area contributed by atoms with Gasteiger partial charge in [0, 0.05) is 20.0 Å². The average molecular weight is 294 g/mol. The van der Waals surface area contributed by atoms with Crippen LogP contribution < -0.4 is 5.73 Å². The standard InChI is InChI=1S/C13H12BrNS/c1-9-6-7-10(8-12(9)15)16-13-5-3-2-4-11(13)14/h2-8H,15H2,1H3. The number of anilines is 1. The van der Waals surface area contributed by atoms with Crippen LogP contribution in [0.15, 0.2) is 56.7 Å². The summed E-state index contributed by atoms with van der Waals surface area (Å²) in [5.74, 6) is 0. The molecule has 0 unspecified atom stereocenters. The zero-order valence-corrected chi connectivity index (χ0v) is 11.3. The van der Waals surface area contributed by atoms with Gasteiger partial charge in [0.15, 0.2) is 0 Å². The molecule has 0 spiro atoms. The number of rotatable bonds is 2. The highest BCUT2D eigenvalue weighted by Crippen LogP contribution is 2.34. The molecule has 0 bridgehead atoms. The molecule has 3 heteroatoms. The van der Waals surface area contributed by atoms with Crippen molar-refractivity contribution in [3.05, 3.63) is 52.5 Å². The Morgan fingerprint density at radius 2 is 1.88 bits per heavy atom. The first-order valence-electron chi connectivity index (χ1n) is 4.95. The zero-order chi connectivity index (χ0) is 11.5. The van der Waals surface area contributed by atoms with Gasteiger partial charge < -0.3 is 5.73 Å². The summed E-state index contributed by atoms with van der Waals surface area (Å²) in [6.45, 7) is 2.02. The summed E-state index contributed by atoms with van der Waals surface area (Å²) >= 11 is 5.24. The monoisotopic (exact) mass is 293 g/mol. The number of benzene rings is 2. The van der Waals surface area contributed by atoms with Crippen LogP contribution in [0, 0.1) is 6.92 Å². The van der Waals surface area contributed by atoms with Gasteiger partial charge in [-0.15, -0.1) is 0 Å². The van der Waals surface area contributed by atoms with Gasteiger partial charge in [0.05, 0.1) is 0 Å². The van der Waals surface area contributed by atoms with Crippen molar-refractivity contribution in [3.8, 4) is 0 Å². The van der Waals surface area contributed by atoms with E-state index >= 15 is 0 Å². The van der Waals surface area contributed by atoms with E-state index in [1.807, 2.05) is 31.2 Å². The molecular weight excluding hydrogens is 282 g/mol. The van der Waals surface area contributed by atoms with E-state index in [4.69, 9.17) is 5.73 Å². The van der Waals surface area contributed by atoms with Crippen molar-refractivity contribution in [1.82, 2.24) is 0 Å². The average Bonchev–Trinajstić information content (AvgIpc) is 2.27. The van der Waals surface area contributed by atoms with Crippen LogP contribution in [-0.4, -0.2) is 0 Å². The van der Waals surface area contributed by atoms with Crippen molar-refractivity contribution in [3.63, 3.8) is 0 Å². The highest BCUT2D eigenvalue weighted by atomic mass is 79.9. The van der Waals surface area contributed by atoms with E-state index in [1.165, 1.54) is 4.90 Å². The van der Waals surface area contributed by atoms with Gasteiger partial charge in [-0.05, 0) is 52.7 Å². The lowest BCUT2D eigenvalue weighted by Crippen LogP contribution is -1.88. The third kappa shape index (κ3) is 2.60. The lowest BCUT2D eigenvalue weighted by atomic mass is 10.2. The van der Waals surface area contributed by atoms with Crippen LogP contribution in [0.1, 0.15) is 5.56 Å². The molecule has 0 radical (unpaired) electrons. The Balaban J connectivity index is 2.28. The fourth-order valence-electron chi connectivity index (χ4n) is 1.34. The number of aryl methyl sites for hydroxylation is 1. The van der Waals surface area contributed by atoms with Gasteiger partial charge in [-0.3, -0.25) is 0 Å². The van der Waals surface area contributed by atoms with Crippen molar-refractivity contribution in [2.45, 2.75) is 16.7 Å². The van der Waals surface area contributed by atoms with E-state index in [1.54, 1.807) is 11.8 Å². The van der Waals surface area contributed by atoms with Gasteiger partial charge in [0.25, 0.3) is 0 Å². The predicted octanol–water partition coefficient (Wildman–Crippen LogP) is 4.49. The summed E-state index contributed by atoms with van der Waals surface area (Å²) < 4.78 is 1.11. The largest absolute Gasteiger partial charge is 0.398 e. The fraction of sp³-hybridized carbons (Fsp3) is 0.0769. The van der Waals surface area contributed by atoms with Gasteiger partial charge in [-0.1, -0.05) is 30.0 Å². The molecule has 2 N–H and O–H groups in total. The molecular formula is C13H12BrNS. The molecule has 2 aromatic rings. The van der Waals surface area contributed by atoms with Gasteiger partial charge in [0.2, 0.25) is 0 Å². The van der Waals surface area contributed by atoms with Gasteiger partial charge in [-0.25, -0.2) is 0 Å². The summed E-state index contributed by atoms with van der Waals surface area (Å²) in [6.07, 6.45) is 0. The van der Waals surface area contributed by atoms with Crippen molar-refractivity contribution < 1.29 is 0 Å². The van der Waals surface area contributed by atoms with E-state index in [0.717, 1.165) is 20.6 Å². The second kappa shape index (κ2) is 4.93. The van der Waals surface area contributed by atoms with E-state index < -0.39 is 0 Å². The maximum atomic E-state index is 5.89.